The van der Waals surface area contributed by atoms with Gasteiger partial charge in [0.15, 0.2) is 0 Å². The monoisotopic (exact) mass is 324 g/mol. The van der Waals surface area contributed by atoms with Crippen molar-refractivity contribution in [1.29, 1.82) is 0 Å². The minimum absolute atomic E-state index is 0. The summed E-state index contributed by atoms with van der Waals surface area (Å²) >= 11 is 0. The number of carbonyl (C=O) groups excluding carboxylic acids is 1. The number of esters is 1. The van der Waals surface area contributed by atoms with Crippen LogP contribution in [0, 0.1) is 0 Å². The van der Waals surface area contributed by atoms with Crippen molar-refractivity contribution >= 4 is 35.5 Å². The van der Waals surface area contributed by atoms with E-state index in [0.29, 0.717) is 13.2 Å². The number of hydrogen-bond acceptors (Lipinski definition) is 5. The van der Waals surface area contributed by atoms with Crippen LogP contribution >= 0.6 is 0 Å². The molecule has 0 aromatic carbocycles. The van der Waals surface area contributed by atoms with Crippen LogP contribution in [0.25, 0.3) is 0 Å². The average molecular weight is 324 g/mol. The zero-order valence-electron chi connectivity index (χ0n) is 14.7. The van der Waals surface area contributed by atoms with Crippen LogP contribution in [0.4, 0.5) is 0 Å². The Hall–Kier alpha value is 0.350. The summed E-state index contributed by atoms with van der Waals surface area (Å²) in [7, 11) is 0. The zero-order valence-corrected chi connectivity index (χ0v) is 16.7. The van der Waals surface area contributed by atoms with Crippen LogP contribution in [0.1, 0.15) is 71.1 Å². The first kappa shape index (κ1) is 24.6. The van der Waals surface area contributed by atoms with Crippen LogP contribution in [0.5, 0.6) is 0 Å². The summed E-state index contributed by atoms with van der Waals surface area (Å²) in [5.41, 5.74) is 10.7. The molecule has 0 aliphatic heterocycles. The van der Waals surface area contributed by atoms with Crippen LogP contribution in [-0.2, 0) is 9.53 Å². The van der Waals surface area contributed by atoms with Gasteiger partial charge < -0.3 is 21.5 Å². The molecule has 22 heavy (non-hydrogen) atoms. The second-order valence-corrected chi connectivity index (χ2v) is 5.70. The molecular formula is C16H35N3NaO2. The fourth-order valence-corrected chi connectivity index (χ4v) is 2.17. The molecule has 0 aliphatic carbocycles. The van der Waals surface area contributed by atoms with Crippen LogP contribution in [0.15, 0.2) is 0 Å². The Balaban J connectivity index is 0. The Kier molecular flexibility index (Phi) is 21.7. The molecule has 1 radical (unpaired) electrons. The SMILES string of the molecule is CCCCCCCCCCCCOC(=O)CNCC(N)N.[Na]. The molecule has 0 aromatic heterocycles. The summed E-state index contributed by atoms with van der Waals surface area (Å²) in [4.78, 5) is 11.3. The van der Waals surface area contributed by atoms with E-state index < -0.39 is 6.17 Å². The standard InChI is InChI=1S/C16H35N3O2.Na/c1-2-3-4-5-6-7-8-9-10-11-12-21-16(20)14-19-13-15(17)18;/h15,19H,2-14,17-18H2,1H3;. The second kappa shape index (κ2) is 19.4. The number of carbonyl (C=O) groups is 1. The van der Waals surface area contributed by atoms with Gasteiger partial charge >= 0.3 is 5.97 Å². The number of nitrogens with two attached hydrogens (primary N) is 2. The molecule has 0 amide bonds. The average Bonchev–Trinajstić information content (AvgIpc) is 2.44. The van der Waals surface area contributed by atoms with Gasteiger partial charge in [0.05, 0.1) is 19.3 Å². The van der Waals surface area contributed by atoms with E-state index in [0.717, 1.165) is 12.8 Å². The van der Waals surface area contributed by atoms with E-state index in [1.807, 2.05) is 0 Å². The van der Waals surface area contributed by atoms with Gasteiger partial charge in [-0.05, 0) is 6.42 Å². The Morgan fingerprint density at radius 2 is 1.45 bits per heavy atom. The van der Waals surface area contributed by atoms with Crippen molar-refractivity contribution < 1.29 is 9.53 Å². The van der Waals surface area contributed by atoms with Gasteiger partial charge in [0, 0.05) is 36.1 Å². The zero-order chi connectivity index (χ0) is 15.8. The molecule has 5 nitrogen and oxygen atoms in total. The Morgan fingerprint density at radius 3 is 1.95 bits per heavy atom. The van der Waals surface area contributed by atoms with Crippen LogP contribution < -0.4 is 16.8 Å². The van der Waals surface area contributed by atoms with Crippen LogP contribution in [-0.4, -0.2) is 61.4 Å². The molecular weight excluding hydrogens is 289 g/mol. The summed E-state index contributed by atoms with van der Waals surface area (Å²) in [5, 5.41) is 2.85. The minimum atomic E-state index is -0.431. The Labute approximate surface area is 158 Å². The summed E-state index contributed by atoms with van der Waals surface area (Å²) in [6.07, 6.45) is 12.4. The van der Waals surface area contributed by atoms with E-state index in [2.05, 4.69) is 12.2 Å². The van der Waals surface area contributed by atoms with Crippen LogP contribution in [0.3, 0.4) is 0 Å². The maximum absolute atomic E-state index is 11.3. The third-order valence-electron chi connectivity index (χ3n) is 3.41. The normalized spacial score (nSPS) is 10.5. The number of nitrogens with one attached hydrogen (secondary N) is 1. The molecule has 0 fully saturated rings. The van der Waals surface area contributed by atoms with E-state index in [1.165, 1.54) is 51.4 Å². The van der Waals surface area contributed by atoms with Gasteiger partial charge in [-0.2, -0.15) is 0 Å². The van der Waals surface area contributed by atoms with Crippen molar-refractivity contribution in [2.24, 2.45) is 11.5 Å². The van der Waals surface area contributed by atoms with E-state index in [-0.39, 0.29) is 42.1 Å². The van der Waals surface area contributed by atoms with E-state index in [4.69, 9.17) is 16.2 Å². The van der Waals surface area contributed by atoms with Crippen molar-refractivity contribution in [3.8, 4) is 0 Å². The first-order valence-corrected chi connectivity index (χ1v) is 8.54. The van der Waals surface area contributed by atoms with E-state index in [1.54, 1.807) is 0 Å². The summed E-state index contributed by atoms with van der Waals surface area (Å²) in [5.74, 6) is -0.230. The van der Waals surface area contributed by atoms with Crippen molar-refractivity contribution in [2.45, 2.75) is 77.3 Å². The molecule has 5 N–H and O–H groups in total. The van der Waals surface area contributed by atoms with Crippen LogP contribution in [0.2, 0.25) is 0 Å². The molecule has 0 spiro atoms. The van der Waals surface area contributed by atoms with Gasteiger partial charge in [-0.25, -0.2) is 0 Å². The first-order valence-electron chi connectivity index (χ1n) is 8.54. The van der Waals surface area contributed by atoms with Gasteiger partial charge in [0.25, 0.3) is 0 Å². The molecule has 127 valence electrons. The largest absolute Gasteiger partial charge is 0.465 e. The third-order valence-corrected chi connectivity index (χ3v) is 3.41. The molecule has 0 heterocycles. The molecule has 0 aromatic rings. The quantitative estimate of drug-likeness (QED) is 0.185. The maximum atomic E-state index is 11.3. The van der Waals surface area contributed by atoms with Crippen molar-refractivity contribution in [3.05, 3.63) is 0 Å². The minimum Gasteiger partial charge on any atom is -0.465 e. The predicted octanol–water partition coefficient (Wildman–Crippen LogP) is 1.90. The summed E-state index contributed by atoms with van der Waals surface area (Å²) in [6.45, 7) is 3.37. The summed E-state index contributed by atoms with van der Waals surface area (Å²) < 4.78 is 5.11. The van der Waals surface area contributed by atoms with Gasteiger partial charge in [-0.3, -0.25) is 4.79 Å². The van der Waals surface area contributed by atoms with Gasteiger partial charge in [-0.1, -0.05) is 64.7 Å². The molecule has 0 atom stereocenters. The number of hydrogen-bond donors (Lipinski definition) is 3. The number of unbranched alkanes of at least 4 members (excludes halogenated alkanes) is 9. The molecule has 0 aliphatic rings. The molecule has 0 rings (SSSR count). The van der Waals surface area contributed by atoms with Gasteiger partial charge in [0.2, 0.25) is 0 Å². The first-order chi connectivity index (χ1) is 10.2. The topological polar surface area (TPSA) is 90.4 Å². The Bertz CT molecular complexity index is 241. The van der Waals surface area contributed by atoms with E-state index in [9.17, 15) is 4.79 Å². The van der Waals surface area contributed by atoms with Gasteiger partial charge in [-0.15, -0.1) is 0 Å². The molecule has 0 unspecified atom stereocenters. The number of rotatable bonds is 15. The summed E-state index contributed by atoms with van der Waals surface area (Å²) in [6, 6.07) is 0. The second-order valence-electron chi connectivity index (χ2n) is 5.70. The van der Waals surface area contributed by atoms with Crippen molar-refractivity contribution in [3.63, 3.8) is 0 Å². The fraction of sp³-hybridized carbons (Fsp3) is 0.938. The fourth-order valence-electron chi connectivity index (χ4n) is 2.17. The molecule has 6 heteroatoms. The van der Waals surface area contributed by atoms with Gasteiger partial charge in [0.1, 0.15) is 0 Å². The Morgan fingerprint density at radius 1 is 0.955 bits per heavy atom. The smallest absolute Gasteiger partial charge is 0.319 e. The maximum Gasteiger partial charge on any atom is 0.319 e. The van der Waals surface area contributed by atoms with E-state index >= 15 is 0 Å². The van der Waals surface area contributed by atoms with Crippen molar-refractivity contribution in [1.82, 2.24) is 5.32 Å². The predicted molar refractivity (Wildman–Crippen MR) is 93.6 cm³/mol. The molecule has 0 saturated heterocycles. The molecule has 0 bridgehead atoms. The third kappa shape index (κ3) is 20.3. The molecule has 0 saturated carbocycles. The van der Waals surface area contributed by atoms with Crippen molar-refractivity contribution in [2.75, 3.05) is 19.7 Å². The number of ether oxygens (including phenoxy) is 1.